The van der Waals surface area contributed by atoms with Gasteiger partial charge in [0.15, 0.2) is 9.84 Å². The Morgan fingerprint density at radius 3 is 2.65 bits per heavy atom. The SMILES string of the molecule is CS(=O)(=O)c1cnc2ncnn2c1C1CCCN(C(=O)C2CCCC2)C1. The predicted molar refractivity (Wildman–Crippen MR) is 94.4 cm³/mol. The van der Waals surface area contributed by atoms with Crippen LogP contribution in [-0.2, 0) is 14.6 Å². The lowest BCUT2D eigenvalue weighted by molar-refractivity contribution is -0.136. The van der Waals surface area contributed by atoms with Crippen molar-refractivity contribution < 1.29 is 13.2 Å². The van der Waals surface area contributed by atoms with E-state index in [1.807, 2.05) is 4.90 Å². The lowest BCUT2D eigenvalue weighted by atomic mass is 9.93. The van der Waals surface area contributed by atoms with E-state index < -0.39 is 9.84 Å². The fourth-order valence-corrected chi connectivity index (χ4v) is 5.15. The molecule has 1 atom stereocenters. The van der Waals surface area contributed by atoms with Gasteiger partial charge in [0, 0.05) is 31.2 Å². The highest BCUT2D eigenvalue weighted by atomic mass is 32.2. The van der Waals surface area contributed by atoms with Gasteiger partial charge in [0.25, 0.3) is 5.78 Å². The quantitative estimate of drug-likeness (QED) is 0.802. The first-order valence-electron chi connectivity index (χ1n) is 9.12. The van der Waals surface area contributed by atoms with Crippen LogP contribution in [0.25, 0.3) is 5.78 Å². The van der Waals surface area contributed by atoms with E-state index in [4.69, 9.17) is 0 Å². The molecule has 2 aliphatic rings. The van der Waals surface area contributed by atoms with Gasteiger partial charge in [-0.05, 0) is 25.7 Å². The normalized spacial score (nSPS) is 22.2. The molecule has 4 rings (SSSR count). The molecule has 0 aromatic carbocycles. The maximum absolute atomic E-state index is 12.8. The number of sulfone groups is 1. The fraction of sp³-hybridized carbons (Fsp3) is 0.647. The lowest BCUT2D eigenvalue weighted by Crippen LogP contribution is -2.42. The summed E-state index contributed by atoms with van der Waals surface area (Å²) in [5, 5.41) is 4.19. The number of nitrogens with zero attached hydrogens (tertiary/aromatic N) is 5. The molecule has 2 aromatic rings. The average molecular weight is 377 g/mol. The third kappa shape index (κ3) is 3.08. The lowest BCUT2D eigenvalue weighted by Gasteiger charge is -2.35. The molecule has 1 aliphatic carbocycles. The molecule has 9 heteroatoms. The van der Waals surface area contributed by atoms with E-state index >= 15 is 0 Å². The van der Waals surface area contributed by atoms with Gasteiger partial charge in [-0.3, -0.25) is 4.79 Å². The second-order valence-electron chi connectivity index (χ2n) is 7.36. The Bertz CT molecular complexity index is 933. The number of carbonyl (C=O) groups is 1. The second-order valence-corrected chi connectivity index (χ2v) is 9.34. The van der Waals surface area contributed by atoms with Crippen LogP contribution in [0.5, 0.6) is 0 Å². The van der Waals surface area contributed by atoms with Crippen LogP contribution < -0.4 is 0 Å². The first kappa shape index (κ1) is 17.4. The van der Waals surface area contributed by atoms with Crippen LogP contribution in [0.3, 0.4) is 0 Å². The molecule has 140 valence electrons. The van der Waals surface area contributed by atoms with Crippen molar-refractivity contribution in [1.29, 1.82) is 0 Å². The highest BCUT2D eigenvalue weighted by Gasteiger charge is 2.34. The van der Waals surface area contributed by atoms with Gasteiger partial charge in [-0.2, -0.15) is 14.6 Å². The summed E-state index contributed by atoms with van der Waals surface area (Å²) < 4.78 is 26.1. The minimum Gasteiger partial charge on any atom is -0.342 e. The van der Waals surface area contributed by atoms with Crippen LogP contribution in [0.15, 0.2) is 17.4 Å². The van der Waals surface area contributed by atoms with Gasteiger partial charge >= 0.3 is 0 Å². The van der Waals surface area contributed by atoms with E-state index in [2.05, 4.69) is 15.1 Å². The van der Waals surface area contributed by atoms with Crippen molar-refractivity contribution in [3.05, 3.63) is 18.2 Å². The molecule has 8 nitrogen and oxygen atoms in total. The summed E-state index contributed by atoms with van der Waals surface area (Å²) in [6, 6.07) is 0. The van der Waals surface area contributed by atoms with Crippen LogP contribution in [0, 0.1) is 5.92 Å². The van der Waals surface area contributed by atoms with Crippen molar-refractivity contribution in [1.82, 2.24) is 24.5 Å². The number of fused-ring (bicyclic) bond motifs is 1. The minimum atomic E-state index is -3.46. The Labute approximate surface area is 152 Å². The van der Waals surface area contributed by atoms with Crippen molar-refractivity contribution in [2.75, 3.05) is 19.3 Å². The average Bonchev–Trinajstić information content (AvgIpc) is 3.30. The second kappa shape index (κ2) is 6.61. The number of hydrogen-bond donors (Lipinski definition) is 0. The summed E-state index contributed by atoms with van der Waals surface area (Å²) in [4.78, 5) is 23.1. The highest BCUT2D eigenvalue weighted by molar-refractivity contribution is 7.90. The number of likely N-dealkylation sites (tertiary alicyclic amines) is 1. The molecule has 26 heavy (non-hydrogen) atoms. The molecule has 1 unspecified atom stereocenters. The zero-order chi connectivity index (χ0) is 18.3. The van der Waals surface area contributed by atoms with E-state index in [-0.39, 0.29) is 22.6 Å². The molecular weight excluding hydrogens is 354 g/mol. The Morgan fingerprint density at radius 1 is 1.15 bits per heavy atom. The first-order chi connectivity index (χ1) is 12.4. The molecule has 3 heterocycles. The van der Waals surface area contributed by atoms with Crippen LogP contribution in [0.2, 0.25) is 0 Å². The topological polar surface area (TPSA) is 97.5 Å². The van der Waals surface area contributed by atoms with E-state index in [0.717, 1.165) is 45.1 Å². The largest absolute Gasteiger partial charge is 0.342 e. The molecule has 1 amide bonds. The molecule has 1 saturated carbocycles. The number of piperidine rings is 1. The van der Waals surface area contributed by atoms with Gasteiger partial charge in [-0.25, -0.2) is 13.4 Å². The standard InChI is InChI=1S/C17H23N5O3S/c1-26(24,25)14-9-18-17-19-11-20-22(17)15(14)13-7-4-8-21(10-13)16(23)12-5-2-3-6-12/h9,11-13H,2-8,10H2,1H3. The summed E-state index contributed by atoms with van der Waals surface area (Å²) >= 11 is 0. The fourth-order valence-electron chi connectivity index (χ4n) is 4.27. The smallest absolute Gasteiger partial charge is 0.252 e. The molecule has 0 bridgehead atoms. The van der Waals surface area contributed by atoms with E-state index in [9.17, 15) is 13.2 Å². The molecule has 1 aliphatic heterocycles. The third-order valence-electron chi connectivity index (χ3n) is 5.53. The van der Waals surface area contributed by atoms with Gasteiger partial charge in [0.2, 0.25) is 5.91 Å². The summed E-state index contributed by atoms with van der Waals surface area (Å²) in [5.74, 6) is 0.640. The van der Waals surface area contributed by atoms with E-state index in [1.54, 1.807) is 0 Å². The summed E-state index contributed by atoms with van der Waals surface area (Å²) in [6.45, 7) is 1.27. The van der Waals surface area contributed by atoms with Gasteiger partial charge in [-0.1, -0.05) is 12.8 Å². The van der Waals surface area contributed by atoms with Crippen molar-refractivity contribution >= 4 is 21.5 Å². The van der Waals surface area contributed by atoms with Crippen molar-refractivity contribution in [2.24, 2.45) is 5.92 Å². The number of hydrogen-bond acceptors (Lipinski definition) is 6. The van der Waals surface area contributed by atoms with Crippen LogP contribution in [0.4, 0.5) is 0 Å². The van der Waals surface area contributed by atoms with Gasteiger partial charge in [0.05, 0.1) is 11.9 Å². The van der Waals surface area contributed by atoms with Crippen LogP contribution in [-0.4, -0.2) is 58.2 Å². The van der Waals surface area contributed by atoms with Crippen LogP contribution in [0.1, 0.15) is 50.1 Å². The number of carbonyl (C=O) groups excluding carboxylic acids is 1. The van der Waals surface area contributed by atoms with Gasteiger partial charge < -0.3 is 4.90 Å². The first-order valence-corrected chi connectivity index (χ1v) is 11.0. The molecule has 0 radical (unpaired) electrons. The molecular formula is C17H23N5O3S. The molecule has 2 aromatic heterocycles. The Kier molecular flexibility index (Phi) is 4.42. The van der Waals surface area contributed by atoms with Gasteiger partial charge in [0.1, 0.15) is 11.2 Å². The zero-order valence-electron chi connectivity index (χ0n) is 14.8. The summed E-state index contributed by atoms with van der Waals surface area (Å²) in [5.41, 5.74) is 0.596. The number of amides is 1. The monoisotopic (exact) mass is 377 g/mol. The molecule has 1 saturated heterocycles. The zero-order valence-corrected chi connectivity index (χ0v) is 15.7. The number of rotatable bonds is 3. The van der Waals surface area contributed by atoms with E-state index in [0.29, 0.717) is 18.0 Å². The number of aromatic nitrogens is 4. The molecule has 2 fully saturated rings. The maximum Gasteiger partial charge on any atom is 0.252 e. The minimum absolute atomic E-state index is 0.0916. The van der Waals surface area contributed by atoms with Crippen LogP contribution >= 0.6 is 0 Å². The molecule has 0 N–H and O–H groups in total. The Morgan fingerprint density at radius 2 is 1.92 bits per heavy atom. The predicted octanol–water partition coefficient (Wildman–Crippen LogP) is 1.42. The van der Waals surface area contributed by atoms with Crippen molar-refractivity contribution in [3.63, 3.8) is 0 Å². The molecule has 0 spiro atoms. The maximum atomic E-state index is 12.8. The Balaban J connectivity index is 1.70. The van der Waals surface area contributed by atoms with Crippen molar-refractivity contribution in [3.8, 4) is 0 Å². The van der Waals surface area contributed by atoms with E-state index in [1.165, 1.54) is 23.3 Å². The highest BCUT2D eigenvalue weighted by Crippen LogP contribution is 2.33. The summed E-state index contributed by atoms with van der Waals surface area (Å²) in [7, 11) is -3.46. The third-order valence-corrected chi connectivity index (χ3v) is 6.64. The van der Waals surface area contributed by atoms with Gasteiger partial charge in [-0.15, -0.1) is 0 Å². The Hall–Kier alpha value is -2.03. The summed E-state index contributed by atoms with van der Waals surface area (Å²) in [6.07, 6.45) is 9.77. The van der Waals surface area contributed by atoms with Crippen molar-refractivity contribution in [2.45, 2.75) is 49.3 Å².